The highest BCUT2D eigenvalue weighted by Crippen LogP contribution is 2.35. The number of nitrogens with zero attached hydrogens (tertiary/aromatic N) is 9. The Bertz CT molecular complexity index is 2350. The summed E-state index contributed by atoms with van der Waals surface area (Å²) in [4.78, 5) is 47.3. The van der Waals surface area contributed by atoms with E-state index in [1.807, 2.05) is 65.9 Å². The number of nitrogens with one attached hydrogen (secondary N) is 5. The molecule has 18 nitrogen and oxygen atoms in total. The molecule has 2 fully saturated rings. The first kappa shape index (κ1) is 50.7. The highest BCUT2D eigenvalue weighted by molar-refractivity contribution is 6.26. The Morgan fingerprint density at radius 2 is 1.19 bits per heavy atom. The van der Waals surface area contributed by atoms with Crippen molar-refractivity contribution in [2.75, 3.05) is 97.0 Å². The molecule has 1 atom stereocenters. The lowest BCUT2D eigenvalue weighted by Gasteiger charge is -2.28. The number of unbranched alkanes of at least 4 members (excludes halogenated alkanes) is 1. The predicted octanol–water partition coefficient (Wildman–Crippen LogP) is 4.50. The fourth-order valence-electron chi connectivity index (χ4n) is 9.68. The van der Waals surface area contributed by atoms with E-state index in [0.29, 0.717) is 41.7 Å². The number of aromatic nitrogens is 6. The fraction of sp³-hybridized carbons (Fsp3) is 0.558. The van der Waals surface area contributed by atoms with Gasteiger partial charge in [0.1, 0.15) is 6.61 Å². The van der Waals surface area contributed by atoms with Gasteiger partial charge in [0.05, 0.1) is 48.5 Å². The number of carbonyl (C=O) groups excluding carboxylic acids is 3. The number of rotatable bonds is 16. The van der Waals surface area contributed by atoms with Crippen LogP contribution in [0.25, 0.3) is 10.8 Å². The van der Waals surface area contributed by atoms with Crippen LogP contribution in [0.3, 0.4) is 0 Å². The third-order valence-corrected chi connectivity index (χ3v) is 13.2. The van der Waals surface area contributed by atoms with E-state index >= 15 is 0 Å². The number of ether oxygens (including phenoxy) is 1. The largest absolute Gasteiger partial charge is 0.460 e. The Kier molecular flexibility index (Phi) is 18.8. The van der Waals surface area contributed by atoms with Crippen molar-refractivity contribution >= 4 is 34.2 Å². The van der Waals surface area contributed by atoms with Crippen molar-refractivity contribution in [3.8, 4) is 0 Å². The first-order chi connectivity index (χ1) is 34.3. The Balaban J connectivity index is 0.958. The SMILES string of the molecule is CCCCN1C(=O)c2cccc3c(N[C@@H](C)COC(=O)c4cc(Cn5cc(CN6CCCNCCCNCCC6)nn5)cc(Cn5cc(CN6CCCNCCCNCCC6)nn5)c4)ccc(c23)C1=O. The number of anilines is 1. The molecule has 2 amide bonds. The number of imide groups is 1. The quantitative estimate of drug-likeness (QED) is 0.0686. The number of hydrogen-bond acceptors (Lipinski definition) is 15. The van der Waals surface area contributed by atoms with Gasteiger partial charge in [0.25, 0.3) is 11.8 Å². The second-order valence-electron chi connectivity index (χ2n) is 19.2. The molecule has 3 aliphatic rings. The molecule has 5 aromatic rings. The van der Waals surface area contributed by atoms with Gasteiger partial charge in [-0.1, -0.05) is 42.0 Å². The number of amides is 2. The molecule has 0 spiro atoms. The molecule has 0 saturated carbocycles. The van der Waals surface area contributed by atoms with E-state index in [1.54, 1.807) is 12.1 Å². The average molecular weight is 959 g/mol. The normalized spacial score (nSPS) is 18.1. The molecule has 0 bridgehead atoms. The summed E-state index contributed by atoms with van der Waals surface area (Å²) >= 11 is 0. The van der Waals surface area contributed by atoms with E-state index in [1.165, 1.54) is 4.90 Å². The van der Waals surface area contributed by atoms with Gasteiger partial charge in [0, 0.05) is 47.2 Å². The minimum absolute atomic E-state index is 0.0775. The van der Waals surface area contributed by atoms with E-state index in [0.717, 1.165) is 177 Å². The van der Waals surface area contributed by atoms with Gasteiger partial charge in [0.15, 0.2) is 0 Å². The summed E-state index contributed by atoms with van der Waals surface area (Å²) in [7, 11) is 0. The van der Waals surface area contributed by atoms with Crippen LogP contribution in [0.5, 0.6) is 0 Å². The summed E-state index contributed by atoms with van der Waals surface area (Å²) in [5.41, 5.74) is 5.81. The molecule has 0 aliphatic carbocycles. The van der Waals surface area contributed by atoms with Gasteiger partial charge in [-0.3, -0.25) is 24.3 Å². The summed E-state index contributed by atoms with van der Waals surface area (Å²) in [5, 5.41) is 37.4. The molecular weight excluding hydrogens is 885 g/mol. The number of carbonyl (C=O) groups is 3. The second-order valence-corrected chi connectivity index (χ2v) is 19.2. The van der Waals surface area contributed by atoms with Crippen molar-refractivity contribution in [1.82, 2.24) is 66.0 Å². The maximum Gasteiger partial charge on any atom is 0.338 e. The first-order valence-electron chi connectivity index (χ1n) is 25.9. The minimum atomic E-state index is -0.450. The molecule has 2 saturated heterocycles. The summed E-state index contributed by atoms with van der Waals surface area (Å²) in [6, 6.07) is 14.8. The van der Waals surface area contributed by atoms with Crippen molar-refractivity contribution < 1.29 is 19.1 Å². The third kappa shape index (κ3) is 14.3. The fourth-order valence-corrected chi connectivity index (χ4v) is 9.68. The number of benzene rings is 3. The van der Waals surface area contributed by atoms with Crippen LogP contribution >= 0.6 is 0 Å². The lowest BCUT2D eigenvalue weighted by Crippen LogP contribution is -2.40. The summed E-state index contributed by atoms with van der Waals surface area (Å²) in [6.45, 7) is 18.8. The number of esters is 1. The third-order valence-electron chi connectivity index (χ3n) is 13.2. The highest BCUT2D eigenvalue weighted by Gasteiger charge is 2.33. The van der Waals surface area contributed by atoms with Crippen LogP contribution in [-0.2, 0) is 30.9 Å². The van der Waals surface area contributed by atoms with Crippen molar-refractivity contribution in [3.05, 3.63) is 100 Å². The Hall–Kier alpha value is -5.63. The van der Waals surface area contributed by atoms with Crippen LogP contribution in [0.1, 0.15) is 119 Å². The first-order valence-corrected chi connectivity index (χ1v) is 25.9. The molecule has 0 unspecified atom stereocenters. The van der Waals surface area contributed by atoms with E-state index in [4.69, 9.17) is 4.74 Å². The van der Waals surface area contributed by atoms with Crippen LogP contribution in [0.4, 0.5) is 5.69 Å². The zero-order valence-corrected chi connectivity index (χ0v) is 41.4. The zero-order chi connectivity index (χ0) is 48.5. The molecule has 5 N–H and O–H groups in total. The average Bonchev–Trinajstić information content (AvgIpc) is 4.00. The molecule has 8 rings (SSSR count). The van der Waals surface area contributed by atoms with E-state index in [-0.39, 0.29) is 24.5 Å². The standard InChI is InChI=1S/C52H74N14O4/c1-3-4-28-66-50(67)46-13-5-12-45-48(15-14-47(49(45)46)51(66)68)57-39(2)38-70-52(69)42-30-40(32-64-36-43(58-60-64)34-62-24-8-20-53-16-6-17-54-21-9-25-62)29-41(31-42)33-65-37-44(59-61-65)35-63-26-10-22-55-18-7-19-56-23-11-27-63/h5,12-15,29-31,36-37,39,53-57H,3-4,6-11,16-28,32-35,38H2,1-2H3/t39-/m0/s1. The monoisotopic (exact) mass is 959 g/mol. The maximum atomic E-state index is 14.0. The van der Waals surface area contributed by atoms with E-state index in [2.05, 4.69) is 63.1 Å². The van der Waals surface area contributed by atoms with Crippen LogP contribution in [0, 0.1) is 0 Å². The second kappa shape index (κ2) is 26.0. The van der Waals surface area contributed by atoms with Gasteiger partial charge >= 0.3 is 5.97 Å². The molecule has 18 heteroatoms. The van der Waals surface area contributed by atoms with Crippen LogP contribution in [0.2, 0.25) is 0 Å². The Morgan fingerprint density at radius 3 is 1.71 bits per heavy atom. The van der Waals surface area contributed by atoms with E-state index < -0.39 is 5.97 Å². The molecule has 2 aromatic heterocycles. The molecule has 3 aromatic carbocycles. The molecule has 70 heavy (non-hydrogen) atoms. The van der Waals surface area contributed by atoms with Gasteiger partial charge in [-0.15, -0.1) is 10.2 Å². The van der Waals surface area contributed by atoms with Crippen LogP contribution in [0.15, 0.2) is 60.9 Å². The lowest BCUT2D eigenvalue weighted by molar-refractivity contribution is 0.0492. The maximum absolute atomic E-state index is 14.0. The van der Waals surface area contributed by atoms with Crippen molar-refractivity contribution in [2.24, 2.45) is 0 Å². The molecule has 3 aliphatic heterocycles. The Morgan fingerprint density at radius 1 is 0.671 bits per heavy atom. The molecular formula is C52H74N14O4. The van der Waals surface area contributed by atoms with Gasteiger partial charge in [0.2, 0.25) is 0 Å². The van der Waals surface area contributed by atoms with Crippen LogP contribution < -0.4 is 26.6 Å². The van der Waals surface area contributed by atoms with Crippen molar-refractivity contribution in [1.29, 1.82) is 0 Å². The molecule has 376 valence electrons. The predicted molar refractivity (Wildman–Crippen MR) is 272 cm³/mol. The smallest absolute Gasteiger partial charge is 0.338 e. The van der Waals surface area contributed by atoms with Gasteiger partial charge in [-0.05, 0) is 172 Å². The van der Waals surface area contributed by atoms with Crippen LogP contribution in [-0.4, -0.2) is 160 Å². The topological polar surface area (TPSA) is 192 Å². The van der Waals surface area contributed by atoms with Gasteiger partial charge in [-0.25, -0.2) is 14.2 Å². The summed E-state index contributed by atoms with van der Waals surface area (Å²) < 4.78 is 9.70. The van der Waals surface area contributed by atoms with Crippen molar-refractivity contribution in [3.63, 3.8) is 0 Å². The highest BCUT2D eigenvalue weighted by atomic mass is 16.5. The molecule has 5 heterocycles. The van der Waals surface area contributed by atoms with E-state index in [9.17, 15) is 14.4 Å². The van der Waals surface area contributed by atoms with Crippen molar-refractivity contribution in [2.45, 2.75) is 97.4 Å². The summed E-state index contributed by atoms with van der Waals surface area (Å²) in [6.07, 6.45) is 12.3. The van der Waals surface area contributed by atoms with Gasteiger partial charge < -0.3 is 31.3 Å². The zero-order valence-electron chi connectivity index (χ0n) is 41.4. The molecule has 0 radical (unpaired) electrons. The number of hydrogen-bond donors (Lipinski definition) is 5. The Labute approximate surface area is 412 Å². The summed E-state index contributed by atoms with van der Waals surface area (Å²) in [5.74, 6) is -0.984. The lowest BCUT2D eigenvalue weighted by atomic mass is 9.92. The minimum Gasteiger partial charge on any atom is -0.460 e. The van der Waals surface area contributed by atoms with Gasteiger partial charge in [-0.2, -0.15) is 0 Å².